The first kappa shape index (κ1) is 14.8. The second-order valence-electron chi connectivity index (χ2n) is 5.95. The molecule has 6 heteroatoms. The lowest BCUT2D eigenvalue weighted by Crippen LogP contribution is -2.47. The molecule has 1 aromatic heterocycles. The van der Waals surface area contributed by atoms with Gasteiger partial charge in [0.25, 0.3) is 5.91 Å². The van der Waals surface area contributed by atoms with Crippen LogP contribution in [-0.4, -0.2) is 41.2 Å². The van der Waals surface area contributed by atoms with Gasteiger partial charge in [0.15, 0.2) is 0 Å². The Morgan fingerprint density at radius 2 is 2.41 bits per heavy atom. The van der Waals surface area contributed by atoms with Gasteiger partial charge in [0, 0.05) is 31.5 Å². The number of pyridine rings is 1. The molecule has 0 N–H and O–H groups in total. The average Bonchev–Trinajstić information content (AvgIpc) is 2.90. The fourth-order valence-corrected chi connectivity index (χ4v) is 3.17. The van der Waals surface area contributed by atoms with E-state index in [0.29, 0.717) is 24.3 Å². The minimum Gasteiger partial charge on any atom is -0.487 e. The summed E-state index contributed by atoms with van der Waals surface area (Å²) in [4.78, 5) is 18.8. The SMILES string of the molecule is CC[C@](C)(OC)C(=O)N1C[C@@H]2C[C@H]1c1cncc(C#N)c1O2. The number of likely N-dealkylation sites (tertiary alicyclic amines) is 1. The molecule has 22 heavy (non-hydrogen) atoms. The van der Waals surface area contributed by atoms with E-state index < -0.39 is 5.60 Å². The van der Waals surface area contributed by atoms with Crippen LogP contribution in [0.5, 0.6) is 5.75 Å². The number of rotatable bonds is 3. The molecular weight excluding hydrogens is 282 g/mol. The Kier molecular flexibility index (Phi) is 3.53. The lowest BCUT2D eigenvalue weighted by atomic mass is 9.97. The van der Waals surface area contributed by atoms with Gasteiger partial charge >= 0.3 is 0 Å². The first-order chi connectivity index (χ1) is 10.5. The fraction of sp³-hybridized carbons (Fsp3) is 0.562. The van der Waals surface area contributed by atoms with Crippen LogP contribution >= 0.6 is 0 Å². The monoisotopic (exact) mass is 301 g/mol. The van der Waals surface area contributed by atoms with Gasteiger partial charge in [-0.2, -0.15) is 5.26 Å². The van der Waals surface area contributed by atoms with Gasteiger partial charge in [-0.3, -0.25) is 9.78 Å². The Morgan fingerprint density at radius 1 is 1.64 bits per heavy atom. The van der Waals surface area contributed by atoms with E-state index in [2.05, 4.69) is 11.1 Å². The molecule has 0 spiro atoms. The molecule has 2 aliphatic heterocycles. The van der Waals surface area contributed by atoms with Crippen molar-refractivity contribution in [1.82, 2.24) is 9.88 Å². The smallest absolute Gasteiger partial charge is 0.255 e. The topological polar surface area (TPSA) is 75.5 Å². The third-order valence-electron chi connectivity index (χ3n) is 4.79. The minimum atomic E-state index is -0.835. The molecule has 0 unspecified atom stereocenters. The van der Waals surface area contributed by atoms with Crippen LogP contribution in [0.25, 0.3) is 0 Å². The molecule has 3 heterocycles. The van der Waals surface area contributed by atoms with Crippen molar-refractivity contribution >= 4 is 5.91 Å². The molecule has 2 bridgehead atoms. The Bertz CT molecular complexity index is 649. The van der Waals surface area contributed by atoms with Crippen molar-refractivity contribution in [3.63, 3.8) is 0 Å². The Labute approximate surface area is 129 Å². The van der Waals surface area contributed by atoms with Gasteiger partial charge in [-0.1, -0.05) is 6.92 Å². The number of nitriles is 1. The molecule has 1 amide bonds. The summed E-state index contributed by atoms with van der Waals surface area (Å²) in [6.45, 7) is 4.26. The number of hydrogen-bond acceptors (Lipinski definition) is 5. The molecule has 0 radical (unpaired) electrons. The van der Waals surface area contributed by atoms with Crippen LogP contribution in [0.4, 0.5) is 0 Å². The lowest BCUT2D eigenvalue weighted by Gasteiger charge is -2.33. The number of carbonyl (C=O) groups is 1. The Balaban J connectivity index is 1.99. The van der Waals surface area contributed by atoms with Gasteiger partial charge in [0.05, 0.1) is 12.6 Å². The third-order valence-corrected chi connectivity index (χ3v) is 4.79. The van der Waals surface area contributed by atoms with E-state index in [9.17, 15) is 10.1 Å². The van der Waals surface area contributed by atoms with Crippen molar-refractivity contribution in [1.29, 1.82) is 5.26 Å². The van der Waals surface area contributed by atoms with E-state index in [0.717, 1.165) is 12.0 Å². The maximum absolute atomic E-state index is 12.9. The summed E-state index contributed by atoms with van der Waals surface area (Å²) in [6.07, 6.45) is 4.45. The summed E-state index contributed by atoms with van der Waals surface area (Å²) in [5, 5.41) is 9.20. The van der Waals surface area contributed by atoms with Crippen molar-refractivity contribution < 1.29 is 14.3 Å². The molecule has 116 valence electrons. The number of aromatic nitrogens is 1. The van der Waals surface area contributed by atoms with Crippen molar-refractivity contribution in [3.05, 3.63) is 23.5 Å². The van der Waals surface area contributed by atoms with Crippen molar-refractivity contribution in [2.24, 2.45) is 0 Å². The van der Waals surface area contributed by atoms with E-state index in [-0.39, 0.29) is 18.1 Å². The van der Waals surface area contributed by atoms with Gasteiger partial charge in [-0.05, 0) is 13.3 Å². The molecule has 0 saturated carbocycles. The standard InChI is InChI=1S/C16H19N3O3/c1-4-16(2,21-3)15(20)19-9-11-5-13(19)12-8-18-7-10(6-17)14(12)22-11/h7-8,11,13H,4-5,9H2,1-3H3/t11-,13-,16-/m0/s1. The summed E-state index contributed by atoms with van der Waals surface area (Å²) in [7, 11) is 1.56. The van der Waals surface area contributed by atoms with E-state index in [1.807, 2.05) is 18.7 Å². The molecule has 1 saturated heterocycles. The van der Waals surface area contributed by atoms with E-state index in [1.54, 1.807) is 13.3 Å². The number of carbonyl (C=O) groups excluding carboxylic acids is 1. The Hall–Kier alpha value is -2.13. The number of ether oxygens (including phenoxy) is 2. The van der Waals surface area contributed by atoms with Crippen LogP contribution in [-0.2, 0) is 9.53 Å². The van der Waals surface area contributed by atoms with Crippen LogP contribution < -0.4 is 4.74 Å². The van der Waals surface area contributed by atoms with Crippen molar-refractivity contribution in [2.45, 2.75) is 44.4 Å². The highest BCUT2D eigenvalue weighted by Crippen LogP contribution is 2.45. The zero-order valence-corrected chi connectivity index (χ0v) is 13.0. The lowest BCUT2D eigenvalue weighted by molar-refractivity contribution is -0.154. The molecular formula is C16H19N3O3. The molecule has 1 aromatic rings. The largest absolute Gasteiger partial charge is 0.487 e. The summed E-state index contributed by atoms with van der Waals surface area (Å²) < 4.78 is 11.4. The molecule has 2 aliphatic rings. The second-order valence-corrected chi connectivity index (χ2v) is 5.95. The van der Waals surface area contributed by atoms with E-state index in [1.165, 1.54) is 6.20 Å². The molecule has 3 atom stereocenters. The highest BCUT2D eigenvalue weighted by Gasteiger charge is 2.47. The minimum absolute atomic E-state index is 0.0381. The van der Waals surface area contributed by atoms with Gasteiger partial charge < -0.3 is 14.4 Å². The van der Waals surface area contributed by atoms with Crippen LogP contribution in [0.15, 0.2) is 12.4 Å². The fourth-order valence-electron chi connectivity index (χ4n) is 3.17. The maximum atomic E-state index is 12.9. The number of fused-ring (bicyclic) bond motifs is 4. The number of methoxy groups -OCH3 is 1. The van der Waals surface area contributed by atoms with Gasteiger partial charge in [-0.25, -0.2) is 0 Å². The molecule has 0 aliphatic carbocycles. The van der Waals surface area contributed by atoms with Crippen molar-refractivity contribution in [2.75, 3.05) is 13.7 Å². The second kappa shape index (κ2) is 5.25. The molecule has 6 nitrogen and oxygen atoms in total. The van der Waals surface area contributed by atoms with E-state index in [4.69, 9.17) is 9.47 Å². The average molecular weight is 301 g/mol. The summed E-state index contributed by atoms with van der Waals surface area (Å²) in [5.74, 6) is 0.536. The van der Waals surface area contributed by atoms with Crippen LogP contribution in [0.1, 0.15) is 43.9 Å². The summed E-state index contributed by atoms with van der Waals surface area (Å²) in [6, 6.07) is 2.01. The maximum Gasteiger partial charge on any atom is 0.255 e. The quantitative estimate of drug-likeness (QED) is 0.851. The number of amides is 1. The first-order valence-corrected chi connectivity index (χ1v) is 7.45. The first-order valence-electron chi connectivity index (χ1n) is 7.45. The van der Waals surface area contributed by atoms with Gasteiger partial charge in [0.2, 0.25) is 0 Å². The van der Waals surface area contributed by atoms with Gasteiger partial charge in [0.1, 0.15) is 29.1 Å². The molecule has 0 aromatic carbocycles. The number of nitrogens with zero attached hydrogens (tertiary/aromatic N) is 3. The number of hydrogen-bond donors (Lipinski definition) is 0. The predicted octanol–water partition coefficient (Wildman–Crippen LogP) is 1.80. The zero-order chi connectivity index (χ0) is 15.9. The molecule has 1 fully saturated rings. The highest BCUT2D eigenvalue weighted by atomic mass is 16.5. The van der Waals surface area contributed by atoms with E-state index >= 15 is 0 Å². The van der Waals surface area contributed by atoms with Crippen LogP contribution in [0, 0.1) is 11.3 Å². The molecule has 3 rings (SSSR count). The Morgan fingerprint density at radius 3 is 3.05 bits per heavy atom. The highest BCUT2D eigenvalue weighted by molar-refractivity contribution is 5.86. The zero-order valence-electron chi connectivity index (χ0n) is 13.0. The van der Waals surface area contributed by atoms with Gasteiger partial charge in [-0.15, -0.1) is 0 Å². The summed E-state index contributed by atoms with van der Waals surface area (Å²) >= 11 is 0. The summed E-state index contributed by atoms with van der Waals surface area (Å²) in [5.41, 5.74) is 0.403. The normalized spacial score (nSPS) is 24.9. The predicted molar refractivity (Wildman–Crippen MR) is 78.1 cm³/mol. The van der Waals surface area contributed by atoms with Crippen molar-refractivity contribution in [3.8, 4) is 11.8 Å². The third kappa shape index (κ3) is 2.04. The van der Waals surface area contributed by atoms with Crippen LogP contribution in [0.3, 0.4) is 0 Å². The van der Waals surface area contributed by atoms with Crippen LogP contribution in [0.2, 0.25) is 0 Å².